The number of hydrogen-bond acceptors (Lipinski definition) is 4. The number of rotatable bonds is 4. The highest BCUT2D eigenvalue weighted by atomic mass is 16.4. The van der Waals surface area contributed by atoms with Crippen molar-refractivity contribution in [1.29, 1.82) is 0 Å². The molecule has 90 valence electrons. The second kappa shape index (κ2) is 4.12. The zero-order chi connectivity index (χ0) is 12.5. The molecule has 1 unspecified atom stereocenters. The predicted molar refractivity (Wildman–Crippen MR) is 58.3 cm³/mol. The topological polar surface area (TPSA) is 92.2 Å². The minimum atomic E-state index is -1.19. The van der Waals surface area contributed by atoms with E-state index in [0.717, 1.165) is 12.8 Å². The lowest BCUT2D eigenvalue weighted by Crippen LogP contribution is -2.54. The highest BCUT2D eigenvalue weighted by Crippen LogP contribution is 2.39. The fraction of sp³-hybridized carbons (Fsp3) is 0.455. The number of carbonyl (C=O) groups is 2. The molecule has 1 heterocycles. The zero-order valence-corrected chi connectivity index (χ0v) is 9.38. The Kier molecular flexibility index (Phi) is 2.79. The standard InChI is InChI=1S/C11H13N3O3/c1-11(10(16)17,8-2-3-8)14-9(15)7-4-5-12-13-6-7/h4-6,8H,2-3H2,1H3,(H,14,15)(H,16,17). The van der Waals surface area contributed by atoms with E-state index < -0.39 is 17.4 Å². The van der Waals surface area contributed by atoms with Crippen LogP contribution >= 0.6 is 0 Å². The van der Waals surface area contributed by atoms with Crippen molar-refractivity contribution in [2.24, 2.45) is 5.92 Å². The van der Waals surface area contributed by atoms with Crippen molar-refractivity contribution in [2.75, 3.05) is 0 Å². The lowest BCUT2D eigenvalue weighted by Gasteiger charge is -2.25. The average molecular weight is 235 g/mol. The molecule has 1 aliphatic carbocycles. The Bertz CT molecular complexity index is 445. The Morgan fingerprint density at radius 3 is 2.65 bits per heavy atom. The molecule has 6 nitrogen and oxygen atoms in total. The molecule has 0 spiro atoms. The van der Waals surface area contributed by atoms with Gasteiger partial charge in [0, 0.05) is 0 Å². The highest BCUT2D eigenvalue weighted by molar-refractivity contribution is 5.97. The average Bonchev–Trinajstić information content (AvgIpc) is 3.13. The number of carboxylic acids is 1. The van der Waals surface area contributed by atoms with Gasteiger partial charge in [0.15, 0.2) is 0 Å². The van der Waals surface area contributed by atoms with Gasteiger partial charge in [-0.05, 0) is 31.7 Å². The van der Waals surface area contributed by atoms with Crippen LogP contribution in [-0.2, 0) is 4.79 Å². The van der Waals surface area contributed by atoms with E-state index in [2.05, 4.69) is 15.5 Å². The fourth-order valence-corrected chi connectivity index (χ4v) is 1.72. The molecule has 1 saturated carbocycles. The molecule has 6 heteroatoms. The number of nitrogens with one attached hydrogen (secondary N) is 1. The molecular weight excluding hydrogens is 222 g/mol. The van der Waals surface area contributed by atoms with Crippen molar-refractivity contribution in [1.82, 2.24) is 15.5 Å². The highest BCUT2D eigenvalue weighted by Gasteiger charge is 2.48. The summed E-state index contributed by atoms with van der Waals surface area (Å²) < 4.78 is 0. The van der Waals surface area contributed by atoms with E-state index in [0.29, 0.717) is 5.56 Å². The summed E-state index contributed by atoms with van der Waals surface area (Å²) in [7, 11) is 0. The third-order valence-corrected chi connectivity index (χ3v) is 3.06. The van der Waals surface area contributed by atoms with Crippen molar-refractivity contribution < 1.29 is 14.7 Å². The van der Waals surface area contributed by atoms with Gasteiger partial charge in [0.05, 0.1) is 18.0 Å². The smallest absolute Gasteiger partial charge is 0.329 e. The van der Waals surface area contributed by atoms with Crippen LogP contribution in [0.15, 0.2) is 18.5 Å². The summed E-state index contributed by atoms with van der Waals surface area (Å²) in [5.41, 5.74) is -0.881. The Balaban J connectivity index is 2.14. The van der Waals surface area contributed by atoms with Gasteiger partial charge >= 0.3 is 5.97 Å². The number of carbonyl (C=O) groups excluding carboxylic acids is 1. The fourth-order valence-electron chi connectivity index (χ4n) is 1.72. The van der Waals surface area contributed by atoms with Crippen LogP contribution in [0.5, 0.6) is 0 Å². The summed E-state index contributed by atoms with van der Waals surface area (Å²) in [5, 5.41) is 18.9. The zero-order valence-electron chi connectivity index (χ0n) is 9.38. The minimum Gasteiger partial charge on any atom is -0.480 e. The van der Waals surface area contributed by atoms with Crippen LogP contribution in [0.2, 0.25) is 0 Å². The Hall–Kier alpha value is -1.98. The maximum Gasteiger partial charge on any atom is 0.329 e. The molecular formula is C11H13N3O3. The van der Waals surface area contributed by atoms with Gasteiger partial charge in [-0.2, -0.15) is 10.2 Å². The van der Waals surface area contributed by atoms with Gasteiger partial charge in [0.2, 0.25) is 0 Å². The number of carboxylic acid groups (broad SMARTS) is 1. The van der Waals surface area contributed by atoms with Crippen molar-refractivity contribution in [3.63, 3.8) is 0 Å². The van der Waals surface area contributed by atoms with E-state index in [9.17, 15) is 14.7 Å². The second-order valence-corrected chi connectivity index (χ2v) is 4.37. The molecule has 1 aromatic heterocycles. The lowest BCUT2D eigenvalue weighted by molar-refractivity contribution is -0.144. The normalized spacial score (nSPS) is 18.2. The van der Waals surface area contributed by atoms with Crippen LogP contribution < -0.4 is 5.32 Å². The SMILES string of the molecule is CC(NC(=O)c1ccnnc1)(C(=O)O)C1CC1. The number of amides is 1. The molecule has 0 aliphatic heterocycles. The van der Waals surface area contributed by atoms with Crippen LogP contribution in [0.4, 0.5) is 0 Å². The first-order valence-electron chi connectivity index (χ1n) is 5.36. The van der Waals surface area contributed by atoms with Crippen LogP contribution in [0.25, 0.3) is 0 Å². The molecule has 2 rings (SSSR count). The van der Waals surface area contributed by atoms with Gasteiger partial charge in [-0.15, -0.1) is 0 Å². The van der Waals surface area contributed by atoms with Crippen LogP contribution in [0, 0.1) is 5.92 Å². The summed E-state index contributed by atoms with van der Waals surface area (Å²) in [6.07, 6.45) is 4.37. The number of aliphatic carboxylic acids is 1. The van der Waals surface area contributed by atoms with E-state index >= 15 is 0 Å². The predicted octanol–water partition coefficient (Wildman–Crippen LogP) is 0.460. The second-order valence-electron chi connectivity index (χ2n) is 4.37. The Morgan fingerprint density at radius 1 is 1.47 bits per heavy atom. The third-order valence-electron chi connectivity index (χ3n) is 3.06. The summed E-state index contributed by atoms with van der Waals surface area (Å²) >= 11 is 0. The number of nitrogens with zero attached hydrogens (tertiary/aromatic N) is 2. The largest absolute Gasteiger partial charge is 0.480 e. The minimum absolute atomic E-state index is 0.0127. The van der Waals surface area contributed by atoms with Crippen molar-refractivity contribution >= 4 is 11.9 Å². The first kappa shape index (κ1) is 11.5. The Morgan fingerprint density at radius 2 is 2.18 bits per heavy atom. The maximum atomic E-state index is 11.9. The monoisotopic (exact) mass is 235 g/mol. The van der Waals surface area contributed by atoms with Crippen LogP contribution in [0.3, 0.4) is 0 Å². The molecule has 0 aromatic carbocycles. The summed E-state index contributed by atoms with van der Waals surface area (Å²) in [4.78, 5) is 23.1. The van der Waals surface area contributed by atoms with Gasteiger partial charge in [-0.25, -0.2) is 4.79 Å². The van der Waals surface area contributed by atoms with Crippen LogP contribution in [-0.4, -0.2) is 32.7 Å². The van der Waals surface area contributed by atoms with Crippen LogP contribution in [0.1, 0.15) is 30.1 Å². The third kappa shape index (κ3) is 2.25. The molecule has 0 radical (unpaired) electrons. The van der Waals surface area contributed by atoms with E-state index in [1.54, 1.807) is 6.92 Å². The molecule has 2 N–H and O–H groups in total. The summed E-state index contributed by atoms with van der Waals surface area (Å²) in [6.45, 7) is 1.54. The molecule has 0 bridgehead atoms. The van der Waals surface area contributed by atoms with Gasteiger partial charge in [0.1, 0.15) is 5.54 Å². The van der Waals surface area contributed by atoms with Gasteiger partial charge < -0.3 is 10.4 Å². The van der Waals surface area contributed by atoms with Gasteiger partial charge in [0.25, 0.3) is 5.91 Å². The Labute approximate surface area is 98.1 Å². The van der Waals surface area contributed by atoms with Crippen molar-refractivity contribution in [3.8, 4) is 0 Å². The van der Waals surface area contributed by atoms with Gasteiger partial charge in [-0.1, -0.05) is 0 Å². The molecule has 0 saturated heterocycles. The molecule has 17 heavy (non-hydrogen) atoms. The van der Waals surface area contributed by atoms with E-state index in [1.807, 2.05) is 0 Å². The lowest BCUT2D eigenvalue weighted by atomic mass is 9.95. The molecule has 1 atom stereocenters. The summed E-state index contributed by atoms with van der Waals surface area (Å²) in [5.74, 6) is -1.43. The van der Waals surface area contributed by atoms with Crippen molar-refractivity contribution in [3.05, 3.63) is 24.0 Å². The van der Waals surface area contributed by atoms with E-state index in [1.165, 1.54) is 18.5 Å². The molecule has 1 aliphatic rings. The van der Waals surface area contributed by atoms with E-state index in [4.69, 9.17) is 0 Å². The van der Waals surface area contributed by atoms with E-state index in [-0.39, 0.29) is 5.92 Å². The maximum absolute atomic E-state index is 11.9. The molecule has 1 aromatic rings. The first-order valence-corrected chi connectivity index (χ1v) is 5.36. The number of aromatic nitrogens is 2. The van der Waals surface area contributed by atoms with Crippen molar-refractivity contribution in [2.45, 2.75) is 25.3 Å². The quantitative estimate of drug-likeness (QED) is 0.790. The molecule has 1 fully saturated rings. The summed E-state index contributed by atoms with van der Waals surface area (Å²) in [6, 6.07) is 1.50. The number of hydrogen-bond donors (Lipinski definition) is 2. The first-order chi connectivity index (χ1) is 8.04. The van der Waals surface area contributed by atoms with Gasteiger partial charge in [-0.3, -0.25) is 4.79 Å². The molecule has 1 amide bonds.